The third-order valence-corrected chi connectivity index (χ3v) is 4.52. The van der Waals surface area contributed by atoms with E-state index in [-0.39, 0.29) is 11.9 Å². The molecule has 1 atom stereocenters. The summed E-state index contributed by atoms with van der Waals surface area (Å²) < 4.78 is 5.80. The minimum atomic E-state index is -0.289. The second kappa shape index (κ2) is 4.88. The van der Waals surface area contributed by atoms with Crippen molar-refractivity contribution in [3.63, 3.8) is 0 Å². The number of nitrogens with one attached hydrogen (secondary N) is 2. The Morgan fingerprint density at radius 3 is 3.00 bits per heavy atom. The van der Waals surface area contributed by atoms with Crippen LogP contribution in [-0.2, 0) is 4.79 Å². The van der Waals surface area contributed by atoms with E-state index in [1.807, 2.05) is 17.9 Å². The van der Waals surface area contributed by atoms with Gasteiger partial charge in [0.25, 0.3) is 5.91 Å². The molecule has 1 amide bonds. The van der Waals surface area contributed by atoms with Crippen molar-refractivity contribution < 1.29 is 14.8 Å². The predicted molar refractivity (Wildman–Crippen MR) is 83.3 cm³/mol. The third kappa shape index (κ3) is 2.00. The van der Waals surface area contributed by atoms with Crippen molar-refractivity contribution in [3.05, 3.63) is 17.7 Å². The maximum absolute atomic E-state index is 11.9. The van der Waals surface area contributed by atoms with Gasteiger partial charge in [0.05, 0.1) is 5.69 Å². The Bertz CT molecular complexity index is 668. The van der Waals surface area contributed by atoms with E-state index >= 15 is 0 Å². The number of anilines is 2. The van der Waals surface area contributed by atoms with E-state index in [1.165, 1.54) is 0 Å². The van der Waals surface area contributed by atoms with Gasteiger partial charge >= 0.3 is 0 Å². The number of benzene rings is 1. The first kappa shape index (κ1) is 13.4. The van der Waals surface area contributed by atoms with Crippen molar-refractivity contribution in [2.45, 2.75) is 25.9 Å². The molecule has 116 valence electrons. The smallest absolute Gasteiger partial charge is 0.262 e. The highest BCUT2D eigenvalue weighted by Crippen LogP contribution is 2.38. The maximum Gasteiger partial charge on any atom is 0.262 e. The van der Waals surface area contributed by atoms with E-state index in [2.05, 4.69) is 34.2 Å². The number of nitrogens with two attached hydrogens (primary N) is 1. The Morgan fingerprint density at radius 1 is 1.45 bits per heavy atom. The Kier molecular flexibility index (Phi) is 2.97. The van der Waals surface area contributed by atoms with Gasteiger partial charge in [0.1, 0.15) is 37.5 Å². The van der Waals surface area contributed by atoms with Crippen LogP contribution >= 0.6 is 0 Å². The fraction of sp³-hybridized carbons (Fsp3) is 0.467. The van der Waals surface area contributed by atoms with E-state index < -0.39 is 0 Å². The molecule has 1 saturated heterocycles. The molecular weight excluding hydrogens is 282 g/mol. The molecule has 4 N–H and O–H groups in total. The number of rotatable bonds is 2. The lowest BCUT2D eigenvalue weighted by atomic mass is 10.1. The highest BCUT2D eigenvalue weighted by Gasteiger charge is 2.35. The largest absolute Gasteiger partial charge is 0.483 e. The summed E-state index contributed by atoms with van der Waals surface area (Å²) in [6, 6.07) is 4.34. The van der Waals surface area contributed by atoms with Crippen LogP contribution < -0.4 is 25.7 Å². The molecule has 3 aliphatic heterocycles. The van der Waals surface area contributed by atoms with Crippen LogP contribution in [0, 0.1) is 6.92 Å². The average Bonchev–Trinajstić information content (AvgIpc) is 2.46. The standard InChI is InChI=1S/C15H19N5O2/c1-8-3-13-12(4-11(8)17-10-5-16-6-10)20-9(2)15(21)19-18-14(20)7-22-13/h3-4,9-10,16-17H,5-7H2,1-2H3,(H,19,21)/p+1/t9-/m1/s1. The number of ether oxygens (including phenoxy) is 1. The van der Waals surface area contributed by atoms with Gasteiger partial charge in [-0.1, -0.05) is 0 Å². The minimum absolute atomic E-state index is 0.0970. The van der Waals surface area contributed by atoms with Crippen LogP contribution in [0.25, 0.3) is 0 Å². The van der Waals surface area contributed by atoms with Crippen LogP contribution in [0.4, 0.5) is 11.4 Å². The van der Waals surface area contributed by atoms with E-state index in [0.29, 0.717) is 12.6 Å². The molecule has 22 heavy (non-hydrogen) atoms. The second-order valence-electron chi connectivity index (χ2n) is 6.07. The number of carbonyl (C=O) groups is 1. The number of hydrogen-bond acceptors (Lipinski definition) is 5. The molecular formula is C15H20N5O2+. The molecule has 1 fully saturated rings. The average molecular weight is 302 g/mol. The molecule has 0 radical (unpaired) electrons. The van der Waals surface area contributed by atoms with Gasteiger partial charge in [0.2, 0.25) is 0 Å². The molecule has 0 saturated carbocycles. The SMILES string of the molecule is Cc1cc2c(cc1NC1C[NH2+]C1)N1C(=NNC(=O)[C@H]1C)CO2. The van der Waals surface area contributed by atoms with Gasteiger partial charge in [0.15, 0.2) is 5.84 Å². The minimum Gasteiger partial charge on any atom is -0.483 e. The van der Waals surface area contributed by atoms with E-state index in [4.69, 9.17) is 4.74 Å². The molecule has 7 heteroatoms. The number of quaternary nitrogens is 1. The highest BCUT2D eigenvalue weighted by molar-refractivity contribution is 6.09. The number of nitrogens with zero attached hydrogens (tertiary/aromatic N) is 2. The summed E-state index contributed by atoms with van der Waals surface area (Å²) in [5, 5.41) is 9.95. The van der Waals surface area contributed by atoms with Crippen molar-refractivity contribution in [2.75, 3.05) is 29.9 Å². The summed E-state index contributed by atoms with van der Waals surface area (Å²) >= 11 is 0. The predicted octanol–water partition coefficient (Wildman–Crippen LogP) is -0.617. The zero-order valence-corrected chi connectivity index (χ0v) is 12.7. The van der Waals surface area contributed by atoms with Crippen molar-refractivity contribution in [1.29, 1.82) is 0 Å². The monoisotopic (exact) mass is 302 g/mol. The molecule has 0 unspecified atom stereocenters. The Balaban J connectivity index is 1.74. The summed E-state index contributed by atoms with van der Waals surface area (Å²) in [5.41, 5.74) is 5.70. The highest BCUT2D eigenvalue weighted by atomic mass is 16.5. The maximum atomic E-state index is 11.9. The van der Waals surface area contributed by atoms with Crippen molar-refractivity contribution in [1.82, 2.24) is 5.43 Å². The summed E-state index contributed by atoms with van der Waals surface area (Å²) in [7, 11) is 0. The van der Waals surface area contributed by atoms with Gasteiger partial charge in [0, 0.05) is 5.69 Å². The van der Waals surface area contributed by atoms with Gasteiger partial charge < -0.3 is 20.3 Å². The number of hydrazone groups is 1. The molecule has 0 aliphatic carbocycles. The number of hydrogen-bond donors (Lipinski definition) is 3. The van der Waals surface area contributed by atoms with Gasteiger partial charge in [-0.2, -0.15) is 5.10 Å². The summed E-state index contributed by atoms with van der Waals surface area (Å²) in [6.45, 7) is 6.53. The molecule has 1 aromatic carbocycles. The van der Waals surface area contributed by atoms with Crippen molar-refractivity contribution in [3.8, 4) is 5.75 Å². The summed E-state index contributed by atoms with van der Waals surface area (Å²) in [4.78, 5) is 13.9. The van der Waals surface area contributed by atoms with Crippen molar-refractivity contribution in [2.24, 2.45) is 5.10 Å². The van der Waals surface area contributed by atoms with E-state index in [0.717, 1.165) is 41.6 Å². The van der Waals surface area contributed by atoms with Crippen LogP contribution in [-0.4, -0.2) is 43.5 Å². The molecule has 3 aliphatic rings. The quantitative estimate of drug-likeness (QED) is 0.680. The zero-order chi connectivity index (χ0) is 15.3. The molecule has 7 nitrogen and oxygen atoms in total. The number of amides is 1. The lowest BCUT2D eigenvalue weighted by molar-refractivity contribution is -0.707. The summed E-state index contributed by atoms with van der Waals surface area (Å²) in [5.74, 6) is 1.45. The molecule has 1 aromatic rings. The van der Waals surface area contributed by atoms with Crippen LogP contribution in [0.3, 0.4) is 0 Å². The van der Waals surface area contributed by atoms with Crippen LogP contribution in [0.1, 0.15) is 12.5 Å². The van der Waals surface area contributed by atoms with Gasteiger partial charge in [-0.3, -0.25) is 4.79 Å². The van der Waals surface area contributed by atoms with Crippen LogP contribution in [0.5, 0.6) is 5.75 Å². The number of aryl methyl sites for hydroxylation is 1. The summed E-state index contributed by atoms with van der Waals surface area (Å²) in [6.07, 6.45) is 0. The number of carbonyl (C=O) groups excluding carboxylic acids is 1. The van der Waals surface area contributed by atoms with Crippen molar-refractivity contribution >= 4 is 23.1 Å². The second-order valence-corrected chi connectivity index (χ2v) is 6.07. The zero-order valence-electron chi connectivity index (χ0n) is 12.7. The number of fused-ring (bicyclic) bond motifs is 3. The van der Waals surface area contributed by atoms with Crippen LogP contribution in [0.15, 0.2) is 17.2 Å². The Morgan fingerprint density at radius 2 is 2.27 bits per heavy atom. The lowest BCUT2D eigenvalue weighted by Gasteiger charge is -2.38. The van der Waals surface area contributed by atoms with Gasteiger partial charge in [-0.15, -0.1) is 0 Å². The van der Waals surface area contributed by atoms with Crippen LogP contribution in [0.2, 0.25) is 0 Å². The first-order valence-electron chi connectivity index (χ1n) is 7.65. The Labute approximate surface area is 128 Å². The number of amidine groups is 1. The van der Waals surface area contributed by atoms with E-state index in [1.54, 1.807) is 0 Å². The van der Waals surface area contributed by atoms with E-state index in [9.17, 15) is 4.79 Å². The molecule has 0 aromatic heterocycles. The fourth-order valence-corrected chi connectivity index (χ4v) is 3.00. The normalized spacial score (nSPS) is 23.5. The molecule has 4 rings (SSSR count). The first-order chi connectivity index (χ1) is 10.6. The van der Waals surface area contributed by atoms with Gasteiger partial charge in [-0.05, 0) is 31.5 Å². The molecule has 0 spiro atoms. The molecule has 0 bridgehead atoms. The first-order valence-corrected chi connectivity index (χ1v) is 7.65. The lowest BCUT2D eigenvalue weighted by Crippen LogP contribution is -2.99. The fourth-order valence-electron chi connectivity index (χ4n) is 3.00. The Hall–Kier alpha value is -2.28. The third-order valence-electron chi connectivity index (χ3n) is 4.52. The molecule has 3 heterocycles. The topological polar surface area (TPSA) is 82.6 Å². The van der Waals surface area contributed by atoms with Gasteiger partial charge in [-0.25, -0.2) is 5.43 Å².